The minimum Gasteiger partial charge on any atom is -0.372 e. The number of hydrogen-bond donors (Lipinski definition) is 0. The zero-order valence-corrected chi connectivity index (χ0v) is 19.2. The standard InChI is InChI=1S/C26H31N3O3/c1-5-27(6-2)21-12-14-22(15-13-21)29-25(30)23(20-10-8-7-9-11-20)24(26(29)31)28-16-18(3)32-19(4)17-28/h7-15,18-19H,5-6,16-17H2,1-4H3. The second-order valence-electron chi connectivity index (χ2n) is 8.39. The lowest BCUT2D eigenvalue weighted by molar-refractivity contribution is -0.121. The molecular weight excluding hydrogens is 402 g/mol. The number of carbonyl (C=O) groups excluding carboxylic acids is 2. The van der Waals surface area contributed by atoms with Crippen molar-refractivity contribution in [3.8, 4) is 0 Å². The molecule has 32 heavy (non-hydrogen) atoms. The molecule has 0 radical (unpaired) electrons. The van der Waals surface area contributed by atoms with Crippen LogP contribution in [0.2, 0.25) is 0 Å². The molecule has 2 aliphatic rings. The van der Waals surface area contributed by atoms with Crippen molar-refractivity contribution >= 4 is 28.8 Å². The van der Waals surface area contributed by atoms with E-state index in [9.17, 15) is 9.59 Å². The summed E-state index contributed by atoms with van der Waals surface area (Å²) in [5, 5.41) is 0. The zero-order valence-electron chi connectivity index (χ0n) is 19.2. The number of nitrogens with zero attached hydrogens (tertiary/aromatic N) is 3. The first-order chi connectivity index (χ1) is 15.4. The Labute approximate surface area is 190 Å². The maximum atomic E-state index is 13.7. The smallest absolute Gasteiger partial charge is 0.282 e. The number of imide groups is 1. The average molecular weight is 434 g/mol. The molecule has 1 saturated heterocycles. The van der Waals surface area contributed by atoms with Gasteiger partial charge in [-0.15, -0.1) is 0 Å². The van der Waals surface area contributed by atoms with Crippen LogP contribution in [0.25, 0.3) is 5.57 Å². The summed E-state index contributed by atoms with van der Waals surface area (Å²) >= 11 is 0. The molecule has 4 rings (SSSR count). The van der Waals surface area contributed by atoms with Crippen molar-refractivity contribution in [2.24, 2.45) is 0 Å². The first-order valence-corrected chi connectivity index (χ1v) is 11.4. The molecule has 2 unspecified atom stereocenters. The maximum Gasteiger partial charge on any atom is 0.282 e. The lowest BCUT2D eigenvalue weighted by Gasteiger charge is -2.37. The Hall–Kier alpha value is -3.12. The highest BCUT2D eigenvalue weighted by Crippen LogP contribution is 2.36. The summed E-state index contributed by atoms with van der Waals surface area (Å²) in [6, 6.07) is 17.1. The van der Waals surface area contributed by atoms with Crippen LogP contribution < -0.4 is 9.80 Å². The first-order valence-electron chi connectivity index (χ1n) is 11.4. The quantitative estimate of drug-likeness (QED) is 0.646. The van der Waals surface area contributed by atoms with Crippen LogP contribution >= 0.6 is 0 Å². The average Bonchev–Trinajstić information content (AvgIpc) is 3.05. The monoisotopic (exact) mass is 433 g/mol. The Morgan fingerprint density at radius 1 is 0.875 bits per heavy atom. The number of ether oxygens (including phenoxy) is 1. The number of amides is 2. The van der Waals surface area contributed by atoms with Crippen molar-refractivity contribution in [1.82, 2.24) is 4.90 Å². The third kappa shape index (κ3) is 4.02. The molecule has 2 amide bonds. The molecule has 6 nitrogen and oxygen atoms in total. The van der Waals surface area contributed by atoms with Gasteiger partial charge in [-0.05, 0) is 57.5 Å². The topological polar surface area (TPSA) is 53.1 Å². The molecule has 2 heterocycles. The van der Waals surface area contributed by atoms with Crippen molar-refractivity contribution in [3.05, 3.63) is 65.9 Å². The Bertz CT molecular complexity index is 1000. The van der Waals surface area contributed by atoms with Crippen molar-refractivity contribution < 1.29 is 14.3 Å². The van der Waals surface area contributed by atoms with E-state index in [0.29, 0.717) is 30.0 Å². The minimum absolute atomic E-state index is 0.0198. The number of anilines is 2. The van der Waals surface area contributed by atoms with Crippen LogP contribution in [0.5, 0.6) is 0 Å². The summed E-state index contributed by atoms with van der Waals surface area (Å²) in [4.78, 5) is 32.9. The highest BCUT2D eigenvalue weighted by molar-refractivity contribution is 6.45. The molecule has 0 aromatic heterocycles. The summed E-state index contributed by atoms with van der Waals surface area (Å²) in [7, 11) is 0. The van der Waals surface area contributed by atoms with Crippen LogP contribution in [0, 0.1) is 0 Å². The van der Waals surface area contributed by atoms with Crippen LogP contribution in [-0.4, -0.2) is 55.1 Å². The van der Waals surface area contributed by atoms with E-state index in [1.807, 2.05) is 73.3 Å². The molecule has 2 aromatic rings. The molecule has 0 aliphatic carbocycles. The van der Waals surface area contributed by atoms with E-state index in [4.69, 9.17) is 4.74 Å². The number of benzene rings is 2. The molecule has 1 fully saturated rings. The maximum absolute atomic E-state index is 13.7. The fraction of sp³-hybridized carbons (Fsp3) is 0.385. The normalized spacial score (nSPS) is 21.5. The Morgan fingerprint density at radius 2 is 1.47 bits per heavy atom. The van der Waals surface area contributed by atoms with Crippen LogP contribution in [0.15, 0.2) is 60.3 Å². The molecular formula is C26H31N3O3. The Kier molecular flexibility index (Phi) is 6.33. The molecule has 168 valence electrons. The fourth-order valence-electron chi connectivity index (χ4n) is 4.67. The van der Waals surface area contributed by atoms with E-state index in [1.165, 1.54) is 4.90 Å². The van der Waals surface area contributed by atoms with Gasteiger partial charge in [-0.1, -0.05) is 30.3 Å². The SMILES string of the molecule is CCN(CC)c1ccc(N2C(=O)C(c3ccccc3)=C(N3CC(C)OC(C)C3)C2=O)cc1. The van der Waals surface area contributed by atoms with Crippen LogP contribution in [0.4, 0.5) is 11.4 Å². The van der Waals surface area contributed by atoms with Crippen LogP contribution in [0.1, 0.15) is 33.3 Å². The van der Waals surface area contributed by atoms with Gasteiger partial charge in [0, 0.05) is 31.9 Å². The lowest BCUT2D eigenvalue weighted by Crippen LogP contribution is -2.47. The summed E-state index contributed by atoms with van der Waals surface area (Å²) < 4.78 is 5.87. The molecule has 0 N–H and O–H groups in total. The zero-order chi connectivity index (χ0) is 22.8. The number of morpholine rings is 1. The Morgan fingerprint density at radius 3 is 2.03 bits per heavy atom. The van der Waals surface area contributed by atoms with Crippen molar-refractivity contribution in [1.29, 1.82) is 0 Å². The van der Waals surface area contributed by atoms with E-state index >= 15 is 0 Å². The van der Waals surface area contributed by atoms with E-state index in [-0.39, 0.29) is 24.0 Å². The number of carbonyl (C=O) groups is 2. The van der Waals surface area contributed by atoms with Gasteiger partial charge in [0.1, 0.15) is 5.70 Å². The van der Waals surface area contributed by atoms with E-state index in [2.05, 4.69) is 18.7 Å². The van der Waals surface area contributed by atoms with Gasteiger partial charge < -0.3 is 14.5 Å². The predicted molar refractivity (Wildman–Crippen MR) is 127 cm³/mol. The summed E-state index contributed by atoms with van der Waals surface area (Å²) in [5.41, 5.74) is 3.36. The van der Waals surface area contributed by atoms with E-state index in [0.717, 1.165) is 24.3 Å². The highest BCUT2D eigenvalue weighted by Gasteiger charge is 2.43. The van der Waals surface area contributed by atoms with Gasteiger partial charge in [-0.2, -0.15) is 0 Å². The van der Waals surface area contributed by atoms with Gasteiger partial charge in [0.15, 0.2) is 0 Å². The molecule has 2 aliphatic heterocycles. The second-order valence-corrected chi connectivity index (χ2v) is 8.39. The van der Waals surface area contributed by atoms with Crippen molar-refractivity contribution in [2.45, 2.75) is 39.9 Å². The molecule has 2 aromatic carbocycles. The van der Waals surface area contributed by atoms with Gasteiger partial charge in [0.2, 0.25) is 0 Å². The predicted octanol–water partition coefficient (Wildman–Crippen LogP) is 3.93. The van der Waals surface area contributed by atoms with Gasteiger partial charge in [-0.25, -0.2) is 4.90 Å². The number of hydrogen-bond acceptors (Lipinski definition) is 5. The Balaban J connectivity index is 1.74. The van der Waals surface area contributed by atoms with Crippen LogP contribution in [0.3, 0.4) is 0 Å². The van der Waals surface area contributed by atoms with Gasteiger partial charge >= 0.3 is 0 Å². The van der Waals surface area contributed by atoms with Crippen LogP contribution in [-0.2, 0) is 14.3 Å². The summed E-state index contributed by atoms with van der Waals surface area (Å²) in [6.45, 7) is 11.2. The highest BCUT2D eigenvalue weighted by atomic mass is 16.5. The third-order valence-electron chi connectivity index (χ3n) is 6.09. The van der Waals surface area contributed by atoms with Gasteiger partial charge in [-0.3, -0.25) is 9.59 Å². The first kappa shape index (κ1) is 22.1. The third-order valence-corrected chi connectivity index (χ3v) is 6.09. The fourth-order valence-corrected chi connectivity index (χ4v) is 4.67. The summed E-state index contributed by atoms with van der Waals surface area (Å²) in [6.07, 6.45) is -0.0397. The van der Waals surface area contributed by atoms with Crippen molar-refractivity contribution in [2.75, 3.05) is 36.0 Å². The summed E-state index contributed by atoms with van der Waals surface area (Å²) in [5.74, 6) is -0.552. The molecule has 0 saturated carbocycles. The minimum atomic E-state index is -0.279. The number of rotatable bonds is 6. The van der Waals surface area contributed by atoms with Gasteiger partial charge in [0.25, 0.3) is 11.8 Å². The van der Waals surface area contributed by atoms with Crippen molar-refractivity contribution in [3.63, 3.8) is 0 Å². The largest absolute Gasteiger partial charge is 0.372 e. The lowest BCUT2D eigenvalue weighted by atomic mass is 10.0. The van der Waals surface area contributed by atoms with Gasteiger partial charge in [0.05, 0.1) is 23.5 Å². The molecule has 6 heteroatoms. The molecule has 2 atom stereocenters. The molecule has 0 bridgehead atoms. The van der Waals surface area contributed by atoms with E-state index < -0.39 is 0 Å². The second kappa shape index (κ2) is 9.17. The molecule has 0 spiro atoms. The van der Waals surface area contributed by atoms with E-state index in [1.54, 1.807) is 0 Å².